The maximum atomic E-state index is 5.73. The Labute approximate surface area is 124 Å². The molecule has 0 spiro atoms. The number of aryl methyl sites for hydroxylation is 2. The highest BCUT2D eigenvalue weighted by atomic mass is 79.9. The van der Waals surface area contributed by atoms with Gasteiger partial charge < -0.3 is 0 Å². The lowest BCUT2D eigenvalue weighted by molar-refractivity contribution is 0.258. The Bertz CT molecular complexity index is 412. The van der Waals surface area contributed by atoms with Gasteiger partial charge in [-0.1, -0.05) is 26.2 Å². The van der Waals surface area contributed by atoms with E-state index in [2.05, 4.69) is 45.0 Å². The summed E-state index contributed by atoms with van der Waals surface area (Å²) in [6.07, 6.45) is 7.22. The minimum atomic E-state index is 0.355. The molecule has 1 aliphatic carbocycles. The third-order valence-electron chi connectivity index (χ3n) is 4.21. The van der Waals surface area contributed by atoms with E-state index in [4.69, 9.17) is 5.84 Å². The van der Waals surface area contributed by atoms with Gasteiger partial charge in [0.1, 0.15) is 0 Å². The van der Waals surface area contributed by atoms with Crippen LogP contribution in [0.1, 0.15) is 50.9 Å². The van der Waals surface area contributed by atoms with Gasteiger partial charge >= 0.3 is 0 Å². The summed E-state index contributed by atoms with van der Waals surface area (Å²) in [5, 5.41) is 4.65. The number of hydrogen-bond acceptors (Lipinski definition) is 3. The van der Waals surface area contributed by atoms with Crippen molar-refractivity contribution < 1.29 is 0 Å². The Morgan fingerprint density at radius 1 is 1.47 bits per heavy atom. The van der Waals surface area contributed by atoms with Crippen LogP contribution in [0.5, 0.6) is 0 Å². The van der Waals surface area contributed by atoms with Gasteiger partial charge in [-0.05, 0) is 41.6 Å². The molecule has 1 aromatic rings. The van der Waals surface area contributed by atoms with Crippen molar-refractivity contribution in [1.82, 2.24) is 15.2 Å². The van der Waals surface area contributed by atoms with Crippen LogP contribution in [0.4, 0.5) is 0 Å². The summed E-state index contributed by atoms with van der Waals surface area (Å²) in [6.45, 7) is 5.19. The molecule has 0 bridgehead atoms. The molecule has 1 unspecified atom stereocenters. The number of rotatable bonds is 7. The highest BCUT2D eigenvalue weighted by molar-refractivity contribution is 9.10. The van der Waals surface area contributed by atoms with Gasteiger partial charge in [0.15, 0.2) is 0 Å². The highest BCUT2D eigenvalue weighted by Gasteiger charge is 2.24. The normalized spacial score (nSPS) is 17.5. The second kappa shape index (κ2) is 6.86. The summed E-state index contributed by atoms with van der Waals surface area (Å²) in [6, 6.07) is 0.355. The smallest absolute Gasteiger partial charge is 0.0766 e. The Morgan fingerprint density at radius 3 is 2.68 bits per heavy atom. The molecule has 3 N–H and O–H groups in total. The molecule has 0 aliphatic heterocycles. The maximum Gasteiger partial charge on any atom is 0.0766 e. The molecule has 1 heterocycles. The SMILES string of the molecule is CCc1nn(CC)c(CC(CC2CCC2)NN)c1Br. The van der Waals surface area contributed by atoms with Crippen LogP contribution in [-0.2, 0) is 19.4 Å². The maximum absolute atomic E-state index is 5.73. The lowest BCUT2D eigenvalue weighted by Crippen LogP contribution is -2.39. The van der Waals surface area contributed by atoms with Crippen molar-refractivity contribution in [3.05, 3.63) is 15.9 Å². The minimum Gasteiger partial charge on any atom is -0.271 e. The van der Waals surface area contributed by atoms with E-state index in [0.717, 1.165) is 31.0 Å². The van der Waals surface area contributed by atoms with Gasteiger partial charge in [0, 0.05) is 19.0 Å². The standard InChI is InChI=1S/C14H25BrN4/c1-3-12-14(15)13(19(4-2)18-12)9-11(17-16)8-10-6-5-7-10/h10-11,17H,3-9,16H2,1-2H3. The number of hydrazine groups is 1. The fourth-order valence-corrected chi connectivity index (χ4v) is 3.51. The lowest BCUT2D eigenvalue weighted by Gasteiger charge is -2.29. The fraction of sp³-hybridized carbons (Fsp3) is 0.786. The zero-order valence-electron chi connectivity index (χ0n) is 12.0. The van der Waals surface area contributed by atoms with Gasteiger partial charge in [-0.3, -0.25) is 16.0 Å². The van der Waals surface area contributed by atoms with Gasteiger partial charge in [-0.15, -0.1) is 0 Å². The van der Waals surface area contributed by atoms with Gasteiger partial charge in [0.2, 0.25) is 0 Å². The van der Waals surface area contributed by atoms with Gasteiger partial charge in [-0.25, -0.2) is 0 Å². The van der Waals surface area contributed by atoms with Crippen molar-refractivity contribution in [1.29, 1.82) is 0 Å². The van der Waals surface area contributed by atoms with Crippen molar-refractivity contribution in [3.8, 4) is 0 Å². The first-order valence-corrected chi connectivity index (χ1v) is 8.19. The van der Waals surface area contributed by atoms with E-state index < -0.39 is 0 Å². The van der Waals surface area contributed by atoms with E-state index in [1.807, 2.05) is 0 Å². The molecule has 2 rings (SSSR count). The zero-order chi connectivity index (χ0) is 13.8. The van der Waals surface area contributed by atoms with E-state index in [-0.39, 0.29) is 0 Å². The average Bonchev–Trinajstić information content (AvgIpc) is 2.68. The first kappa shape index (κ1) is 15.0. The zero-order valence-corrected chi connectivity index (χ0v) is 13.5. The van der Waals surface area contributed by atoms with Crippen LogP contribution in [0.15, 0.2) is 4.47 Å². The average molecular weight is 329 g/mol. The van der Waals surface area contributed by atoms with Crippen molar-refractivity contribution in [3.63, 3.8) is 0 Å². The first-order valence-electron chi connectivity index (χ1n) is 7.39. The van der Waals surface area contributed by atoms with E-state index >= 15 is 0 Å². The van der Waals surface area contributed by atoms with Crippen LogP contribution in [0.2, 0.25) is 0 Å². The largest absolute Gasteiger partial charge is 0.271 e. The van der Waals surface area contributed by atoms with Crippen molar-refractivity contribution in [2.24, 2.45) is 11.8 Å². The molecule has 0 saturated heterocycles. The van der Waals surface area contributed by atoms with Gasteiger partial charge in [0.05, 0.1) is 15.9 Å². The van der Waals surface area contributed by atoms with Crippen molar-refractivity contribution in [2.75, 3.05) is 0 Å². The van der Waals surface area contributed by atoms with Crippen molar-refractivity contribution in [2.45, 2.75) is 65.0 Å². The Morgan fingerprint density at radius 2 is 2.21 bits per heavy atom. The molecular formula is C14H25BrN4. The first-order chi connectivity index (χ1) is 9.19. The minimum absolute atomic E-state index is 0.355. The topological polar surface area (TPSA) is 55.9 Å². The molecule has 4 nitrogen and oxygen atoms in total. The summed E-state index contributed by atoms with van der Waals surface area (Å²) >= 11 is 3.71. The summed E-state index contributed by atoms with van der Waals surface area (Å²) in [7, 11) is 0. The third kappa shape index (κ3) is 3.38. The molecule has 1 aromatic heterocycles. The van der Waals surface area contributed by atoms with E-state index in [1.165, 1.54) is 35.8 Å². The van der Waals surface area contributed by atoms with E-state index in [9.17, 15) is 0 Å². The quantitative estimate of drug-likeness (QED) is 0.597. The second-order valence-electron chi connectivity index (χ2n) is 5.48. The molecule has 19 heavy (non-hydrogen) atoms. The predicted octanol–water partition coefficient (Wildman–Crippen LogP) is 2.79. The molecule has 0 aromatic carbocycles. The van der Waals surface area contributed by atoms with Crippen LogP contribution < -0.4 is 11.3 Å². The second-order valence-corrected chi connectivity index (χ2v) is 6.27. The van der Waals surface area contributed by atoms with Crippen LogP contribution in [0.25, 0.3) is 0 Å². The Hall–Kier alpha value is -0.390. The number of nitrogens with one attached hydrogen (secondary N) is 1. The summed E-state index contributed by atoms with van der Waals surface area (Å²) < 4.78 is 3.28. The number of nitrogens with zero attached hydrogens (tertiary/aromatic N) is 2. The van der Waals surface area contributed by atoms with Crippen LogP contribution >= 0.6 is 15.9 Å². The summed E-state index contributed by atoms with van der Waals surface area (Å²) in [4.78, 5) is 0. The summed E-state index contributed by atoms with van der Waals surface area (Å²) in [5.74, 6) is 6.60. The Kier molecular flexibility index (Phi) is 5.42. The van der Waals surface area contributed by atoms with E-state index in [0.29, 0.717) is 6.04 Å². The van der Waals surface area contributed by atoms with Crippen LogP contribution in [0.3, 0.4) is 0 Å². The molecule has 1 fully saturated rings. The predicted molar refractivity (Wildman–Crippen MR) is 81.8 cm³/mol. The van der Waals surface area contributed by atoms with Crippen LogP contribution in [-0.4, -0.2) is 15.8 Å². The molecule has 1 saturated carbocycles. The number of nitrogens with two attached hydrogens (primary N) is 1. The van der Waals surface area contributed by atoms with Crippen LogP contribution in [0, 0.1) is 5.92 Å². The number of halogens is 1. The van der Waals surface area contributed by atoms with Crippen molar-refractivity contribution >= 4 is 15.9 Å². The summed E-state index contributed by atoms with van der Waals surface area (Å²) in [5.41, 5.74) is 5.42. The molecule has 0 amide bonds. The molecule has 5 heteroatoms. The fourth-order valence-electron chi connectivity index (χ4n) is 2.79. The molecule has 1 aliphatic rings. The molecule has 1 atom stereocenters. The molecule has 108 valence electrons. The highest BCUT2D eigenvalue weighted by Crippen LogP contribution is 2.32. The third-order valence-corrected chi connectivity index (χ3v) is 5.13. The Balaban J connectivity index is 2.08. The number of aromatic nitrogens is 2. The molecular weight excluding hydrogens is 304 g/mol. The monoisotopic (exact) mass is 328 g/mol. The number of hydrogen-bond donors (Lipinski definition) is 2. The van der Waals surface area contributed by atoms with Gasteiger partial charge in [-0.2, -0.15) is 5.10 Å². The van der Waals surface area contributed by atoms with Gasteiger partial charge in [0.25, 0.3) is 0 Å². The lowest BCUT2D eigenvalue weighted by atomic mass is 9.80. The molecule has 0 radical (unpaired) electrons. The van der Waals surface area contributed by atoms with E-state index in [1.54, 1.807) is 0 Å².